The van der Waals surface area contributed by atoms with Crippen LogP contribution in [0.5, 0.6) is 0 Å². The van der Waals surface area contributed by atoms with Crippen LogP contribution in [0.3, 0.4) is 0 Å². The second kappa shape index (κ2) is 9.75. The fourth-order valence-electron chi connectivity index (χ4n) is 5.16. The number of rotatable bonds is 5. The fourth-order valence-corrected chi connectivity index (χ4v) is 5.16. The second-order valence-corrected chi connectivity index (χ2v) is 8.25. The summed E-state index contributed by atoms with van der Waals surface area (Å²) in [5.41, 5.74) is 6.32. The fraction of sp³-hybridized carbons (Fsp3) is 0.944. The number of likely N-dealkylation sites (tertiary alicyclic amines) is 1. The van der Waals surface area contributed by atoms with Crippen LogP contribution in [-0.2, 0) is 4.79 Å². The van der Waals surface area contributed by atoms with Crippen LogP contribution in [0.2, 0.25) is 0 Å². The average molecular weight is 396 g/mol. The van der Waals surface area contributed by atoms with Gasteiger partial charge in [-0.25, -0.2) is 0 Å². The van der Waals surface area contributed by atoms with Crippen molar-refractivity contribution in [2.24, 2.45) is 29.4 Å². The van der Waals surface area contributed by atoms with Crippen LogP contribution >= 0.6 is 24.8 Å². The molecule has 3 aliphatic rings. The van der Waals surface area contributed by atoms with Gasteiger partial charge in [-0.3, -0.25) is 4.79 Å². The van der Waals surface area contributed by atoms with Crippen molar-refractivity contribution in [3.8, 4) is 0 Å². The molecule has 0 aromatic rings. The Balaban J connectivity index is 0.00000156. The van der Waals surface area contributed by atoms with Gasteiger partial charge < -0.3 is 20.6 Å². The van der Waals surface area contributed by atoms with Crippen molar-refractivity contribution in [1.82, 2.24) is 9.80 Å². The molecule has 3 rings (SSSR count). The molecule has 5 unspecified atom stereocenters. The summed E-state index contributed by atoms with van der Waals surface area (Å²) < 4.78 is 0. The first-order valence-corrected chi connectivity index (χ1v) is 9.36. The van der Waals surface area contributed by atoms with Crippen molar-refractivity contribution in [2.75, 3.05) is 33.2 Å². The lowest BCUT2D eigenvalue weighted by molar-refractivity contribution is -0.137. The lowest BCUT2D eigenvalue weighted by Gasteiger charge is -2.36. The molecule has 148 valence electrons. The van der Waals surface area contributed by atoms with Gasteiger partial charge in [-0.2, -0.15) is 0 Å². The molecule has 3 N–H and O–H groups in total. The van der Waals surface area contributed by atoms with Gasteiger partial charge in [0.05, 0.1) is 12.0 Å². The maximum Gasteiger partial charge on any atom is 0.227 e. The Kier molecular flexibility index (Phi) is 8.95. The third kappa shape index (κ3) is 5.23. The molecular weight excluding hydrogens is 361 g/mol. The van der Waals surface area contributed by atoms with Crippen LogP contribution in [0.4, 0.5) is 0 Å². The average Bonchev–Trinajstić information content (AvgIpc) is 3.09. The Bertz CT molecular complexity index is 429. The molecule has 0 aromatic heterocycles. The van der Waals surface area contributed by atoms with Gasteiger partial charge in [-0.15, -0.1) is 24.8 Å². The largest absolute Gasteiger partial charge is 0.392 e. The minimum atomic E-state index is -0.255. The molecule has 5 nitrogen and oxygen atoms in total. The number of nitrogens with zero attached hydrogens (tertiary/aromatic N) is 2. The zero-order valence-corrected chi connectivity index (χ0v) is 17.1. The topological polar surface area (TPSA) is 69.8 Å². The molecule has 7 heteroatoms. The highest BCUT2D eigenvalue weighted by Crippen LogP contribution is 2.48. The smallest absolute Gasteiger partial charge is 0.227 e. The van der Waals surface area contributed by atoms with E-state index in [0.717, 1.165) is 39.0 Å². The summed E-state index contributed by atoms with van der Waals surface area (Å²) in [6.07, 6.45) is 5.57. The molecule has 1 saturated heterocycles. The van der Waals surface area contributed by atoms with Crippen LogP contribution in [-0.4, -0.2) is 66.2 Å². The number of piperidine rings is 1. The van der Waals surface area contributed by atoms with E-state index in [9.17, 15) is 9.90 Å². The predicted octanol–water partition coefficient (Wildman–Crippen LogP) is 1.75. The van der Waals surface area contributed by atoms with Crippen LogP contribution in [0.25, 0.3) is 0 Å². The van der Waals surface area contributed by atoms with E-state index in [1.54, 1.807) is 0 Å². The molecule has 1 aliphatic heterocycles. The molecule has 1 amide bonds. The number of hydrogen-bond donors (Lipinski definition) is 2. The zero-order chi connectivity index (χ0) is 16.6. The summed E-state index contributed by atoms with van der Waals surface area (Å²) in [6, 6.07) is 0.0941. The van der Waals surface area contributed by atoms with Crippen molar-refractivity contribution >= 4 is 30.7 Å². The Morgan fingerprint density at radius 1 is 1.20 bits per heavy atom. The molecular formula is C18H35Cl2N3O2. The lowest BCUT2D eigenvalue weighted by Crippen LogP contribution is -2.48. The van der Waals surface area contributed by atoms with Crippen molar-refractivity contribution in [3.63, 3.8) is 0 Å². The van der Waals surface area contributed by atoms with Gasteiger partial charge in [0.1, 0.15) is 0 Å². The predicted molar refractivity (Wildman–Crippen MR) is 105 cm³/mol. The van der Waals surface area contributed by atoms with Gasteiger partial charge >= 0.3 is 0 Å². The zero-order valence-electron chi connectivity index (χ0n) is 15.5. The third-order valence-corrected chi connectivity index (χ3v) is 6.40. The number of carbonyl (C=O) groups excluding carboxylic acids is 1. The SMILES string of the molecule is CC(O)CN1CCC(CN(C)C(=O)C2C3CCC(C3)C2N)CC1.Cl.Cl. The number of carbonyl (C=O) groups is 1. The van der Waals surface area contributed by atoms with Crippen LogP contribution in [0.15, 0.2) is 0 Å². The van der Waals surface area contributed by atoms with Crippen molar-refractivity contribution < 1.29 is 9.90 Å². The second-order valence-electron chi connectivity index (χ2n) is 8.25. The van der Waals surface area contributed by atoms with Crippen molar-refractivity contribution in [3.05, 3.63) is 0 Å². The molecule has 0 spiro atoms. The van der Waals surface area contributed by atoms with Gasteiger partial charge in [0, 0.05) is 26.2 Å². The molecule has 25 heavy (non-hydrogen) atoms. The minimum Gasteiger partial charge on any atom is -0.392 e. The van der Waals surface area contributed by atoms with Crippen LogP contribution in [0, 0.1) is 23.7 Å². The number of hydrogen-bond acceptors (Lipinski definition) is 4. The lowest BCUT2D eigenvalue weighted by atomic mass is 9.83. The summed E-state index contributed by atoms with van der Waals surface area (Å²) in [7, 11) is 1.96. The van der Waals surface area contributed by atoms with Crippen LogP contribution < -0.4 is 5.73 Å². The van der Waals surface area contributed by atoms with Gasteiger partial charge in [0.15, 0.2) is 0 Å². The molecule has 2 saturated carbocycles. The molecule has 3 fully saturated rings. The van der Waals surface area contributed by atoms with Crippen molar-refractivity contribution in [2.45, 2.75) is 51.2 Å². The highest BCUT2D eigenvalue weighted by molar-refractivity contribution is 5.85. The summed E-state index contributed by atoms with van der Waals surface area (Å²) in [6.45, 7) is 5.54. The highest BCUT2D eigenvalue weighted by atomic mass is 35.5. The molecule has 0 aromatic carbocycles. The number of aliphatic hydroxyl groups is 1. The quantitative estimate of drug-likeness (QED) is 0.743. The van der Waals surface area contributed by atoms with Gasteiger partial charge in [0.25, 0.3) is 0 Å². The Labute approximate surface area is 164 Å². The summed E-state index contributed by atoms with van der Waals surface area (Å²) >= 11 is 0. The van der Waals surface area contributed by atoms with E-state index < -0.39 is 0 Å². The maximum absolute atomic E-state index is 12.8. The first-order chi connectivity index (χ1) is 11.0. The Morgan fingerprint density at radius 2 is 1.80 bits per heavy atom. The summed E-state index contributed by atoms with van der Waals surface area (Å²) in [5, 5.41) is 9.48. The number of β-amino-alcohol motifs (C(OH)–C–C–N with tert-alkyl or cyclic N) is 1. The van der Waals surface area contributed by atoms with E-state index >= 15 is 0 Å². The summed E-state index contributed by atoms with van der Waals surface area (Å²) in [5.74, 6) is 2.08. The standard InChI is InChI=1S/C18H33N3O2.2ClH/c1-12(22)10-21-7-5-13(6-8-21)11-20(2)18(23)16-14-3-4-15(9-14)17(16)19;;/h12-17,22H,3-11,19H2,1-2H3;2*1H. The Hall–Kier alpha value is -0.0700. The van der Waals surface area contributed by atoms with E-state index in [1.807, 2.05) is 18.9 Å². The normalized spacial score (nSPS) is 33.4. The molecule has 2 bridgehead atoms. The monoisotopic (exact) mass is 395 g/mol. The van der Waals surface area contributed by atoms with Gasteiger partial charge in [0.2, 0.25) is 5.91 Å². The minimum absolute atomic E-state index is 0. The van der Waals surface area contributed by atoms with E-state index in [2.05, 4.69) is 4.90 Å². The maximum atomic E-state index is 12.8. The molecule has 5 atom stereocenters. The summed E-state index contributed by atoms with van der Waals surface area (Å²) in [4.78, 5) is 17.1. The molecule has 1 heterocycles. The van der Waals surface area contributed by atoms with Gasteiger partial charge in [-0.1, -0.05) is 0 Å². The highest BCUT2D eigenvalue weighted by Gasteiger charge is 2.49. The van der Waals surface area contributed by atoms with E-state index in [-0.39, 0.29) is 48.8 Å². The first kappa shape index (κ1) is 23.0. The van der Waals surface area contributed by atoms with Gasteiger partial charge in [-0.05, 0) is 69.9 Å². The van der Waals surface area contributed by atoms with Crippen molar-refractivity contribution in [1.29, 1.82) is 0 Å². The van der Waals surface area contributed by atoms with E-state index in [1.165, 1.54) is 19.3 Å². The number of fused-ring (bicyclic) bond motifs is 2. The number of aliphatic hydroxyl groups excluding tert-OH is 1. The molecule has 0 radical (unpaired) electrons. The number of halogens is 2. The van der Waals surface area contributed by atoms with E-state index in [4.69, 9.17) is 5.73 Å². The molecule has 2 aliphatic carbocycles. The third-order valence-electron chi connectivity index (χ3n) is 6.40. The first-order valence-electron chi connectivity index (χ1n) is 9.36. The number of amides is 1. The van der Waals surface area contributed by atoms with E-state index in [0.29, 0.717) is 17.8 Å². The number of nitrogens with two attached hydrogens (primary N) is 1. The van der Waals surface area contributed by atoms with Crippen LogP contribution in [0.1, 0.15) is 39.0 Å². The Morgan fingerprint density at radius 3 is 2.32 bits per heavy atom.